The lowest BCUT2D eigenvalue weighted by molar-refractivity contribution is -0.139. The maximum atomic E-state index is 10.9. The van der Waals surface area contributed by atoms with Gasteiger partial charge in [-0.15, -0.1) is 0 Å². The summed E-state index contributed by atoms with van der Waals surface area (Å²) in [5, 5.41) is 0. The van der Waals surface area contributed by atoms with Gasteiger partial charge in [-0.05, 0) is 11.6 Å². The highest BCUT2D eigenvalue weighted by Crippen LogP contribution is 2.17. The van der Waals surface area contributed by atoms with Crippen molar-refractivity contribution in [3.8, 4) is 0 Å². The molecule has 0 radical (unpaired) electrons. The average Bonchev–Trinajstić information content (AvgIpc) is 2.74. The number of ether oxygens (including phenoxy) is 1. The topological polar surface area (TPSA) is 26.3 Å². The molecule has 1 aromatic rings. The molecule has 1 aliphatic rings. The smallest absolute Gasteiger partial charge is 0.331 e. The van der Waals surface area contributed by atoms with Crippen LogP contribution in [0.25, 0.3) is 6.08 Å². The third kappa shape index (κ3) is 2.60. The van der Waals surface area contributed by atoms with Crippen molar-refractivity contribution in [1.29, 1.82) is 0 Å². The second kappa shape index (κ2) is 4.79. The zero-order valence-electron chi connectivity index (χ0n) is 9.17. The lowest BCUT2D eigenvalue weighted by Crippen LogP contribution is -2.15. The molecule has 0 spiro atoms. The molecule has 0 fully saturated rings. The van der Waals surface area contributed by atoms with Crippen LogP contribution in [0, 0.1) is 5.92 Å². The van der Waals surface area contributed by atoms with Crippen molar-refractivity contribution >= 4 is 12.0 Å². The Morgan fingerprint density at radius 2 is 2.06 bits per heavy atom. The van der Waals surface area contributed by atoms with Crippen LogP contribution in [0.15, 0.2) is 48.6 Å². The van der Waals surface area contributed by atoms with Crippen molar-refractivity contribution in [3.63, 3.8) is 0 Å². The van der Waals surface area contributed by atoms with E-state index in [1.54, 1.807) is 0 Å². The number of hydrogen-bond donors (Lipinski definition) is 0. The summed E-state index contributed by atoms with van der Waals surface area (Å²) in [6.07, 6.45) is 7.28. The van der Waals surface area contributed by atoms with Crippen molar-refractivity contribution in [2.24, 2.45) is 5.92 Å². The number of benzene rings is 1. The maximum Gasteiger partial charge on any atom is 0.331 e. The summed E-state index contributed by atoms with van der Waals surface area (Å²) < 4.78 is 5.11. The lowest BCUT2D eigenvalue weighted by Gasteiger charge is -2.12. The number of hydrogen-bond acceptors (Lipinski definition) is 2. The number of carbonyl (C=O) groups is 1. The van der Waals surface area contributed by atoms with Gasteiger partial charge in [0.15, 0.2) is 0 Å². The monoisotopic (exact) mass is 214 g/mol. The Kier molecular flexibility index (Phi) is 3.20. The Morgan fingerprint density at radius 3 is 2.69 bits per heavy atom. The molecule has 2 unspecified atom stereocenters. The molecular formula is C14H14O2. The molecule has 0 saturated heterocycles. The van der Waals surface area contributed by atoms with E-state index in [-0.39, 0.29) is 18.0 Å². The van der Waals surface area contributed by atoms with Gasteiger partial charge in [-0.1, -0.05) is 49.4 Å². The zero-order chi connectivity index (χ0) is 11.4. The molecule has 2 rings (SSSR count). The molecule has 1 aliphatic heterocycles. The summed E-state index contributed by atoms with van der Waals surface area (Å²) >= 11 is 0. The molecule has 2 heteroatoms. The number of carbonyl (C=O) groups excluding carboxylic acids is 1. The second-order valence-corrected chi connectivity index (χ2v) is 3.89. The van der Waals surface area contributed by atoms with E-state index in [0.29, 0.717) is 0 Å². The third-order valence-corrected chi connectivity index (χ3v) is 2.58. The maximum absolute atomic E-state index is 10.9. The van der Waals surface area contributed by atoms with Crippen LogP contribution in [0.1, 0.15) is 12.5 Å². The molecular weight excluding hydrogens is 200 g/mol. The summed E-state index contributed by atoms with van der Waals surface area (Å²) in [4.78, 5) is 10.9. The van der Waals surface area contributed by atoms with Crippen LogP contribution in [-0.2, 0) is 9.53 Å². The van der Waals surface area contributed by atoms with Crippen LogP contribution < -0.4 is 0 Å². The van der Waals surface area contributed by atoms with E-state index in [1.807, 2.05) is 49.4 Å². The normalized spacial score (nSPS) is 21.3. The van der Waals surface area contributed by atoms with Crippen LogP contribution in [0.5, 0.6) is 0 Å². The van der Waals surface area contributed by atoms with E-state index in [9.17, 15) is 4.79 Å². The van der Waals surface area contributed by atoms with Crippen LogP contribution in [0.4, 0.5) is 0 Å². The first-order valence-electron chi connectivity index (χ1n) is 5.38. The SMILES string of the molecule is CC(/C=C/c1ccccc1)C1C=CC(=O)O1. The van der Waals surface area contributed by atoms with Gasteiger partial charge in [0.1, 0.15) is 6.10 Å². The van der Waals surface area contributed by atoms with E-state index >= 15 is 0 Å². The van der Waals surface area contributed by atoms with Crippen LogP contribution in [0.2, 0.25) is 0 Å². The van der Waals surface area contributed by atoms with Crippen molar-refractivity contribution in [1.82, 2.24) is 0 Å². The first-order valence-corrected chi connectivity index (χ1v) is 5.38. The number of esters is 1. The first kappa shape index (κ1) is 10.7. The predicted molar refractivity (Wildman–Crippen MR) is 63.7 cm³/mol. The Hall–Kier alpha value is -1.83. The lowest BCUT2D eigenvalue weighted by atomic mass is 10.0. The minimum Gasteiger partial charge on any atom is -0.454 e. The summed E-state index contributed by atoms with van der Waals surface area (Å²) in [6.45, 7) is 2.03. The average molecular weight is 214 g/mol. The molecule has 0 amide bonds. The fraction of sp³-hybridized carbons (Fsp3) is 0.214. The molecule has 0 saturated carbocycles. The van der Waals surface area contributed by atoms with Gasteiger partial charge in [0, 0.05) is 12.0 Å². The molecule has 2 nitrogen and oxygen atoms in total. The highest BCUT2D eigenvalue weighted by molar-refractivity contribution is 5.84. The van der Waals surface area contributed by atoms with Gasteiger partial charge in [-0.25, -0.2) is 4.79 Å². The van der Waals surface area contributed by atoms with Gasteiger partial charge in [0.05, 0.1) is 0 Å². The second-order valence-electron chi connectivity index (χ2n) is 3.89. The minimum absolute atomic E-state index is 0.118. The van der Waals surface area contributed by atoms with Gasteiger partial charge in [-0.2, -0.15) is 0 Å². The van der Waals surface area contributed by atoms with Crippen molar-refractivity contribution < 1.29 is 9.53 Å². The molecule has 1 aromatic carbocycles. The van der Waals surface area contributed by atoms with Crippen molar-refractivity contribution in [3.05, 3.63) is 54.1 Å². The molecule has 0 bridgehead atoms. The van der Waals surface area contributed by atoms with Gasteiger partial charge >= 0.3 is 5.97 Å². The van der Waals surface area contributed by atoms with Crippen LogP contribution >= 0.6 is 0 Å². The summed E-state index contributed by atoms with van der Waals surface area (Å²) in [7, 11) is 0. The Bertz CT molecular complexity index is 418. The summed E-state index contributed by atoms with van der Waals surface area (Å²) in [6, 6.07) is 10.1. The minimum atomic E-state index is -0.245. The predicted octanol–water partition coefficient (Wildman–Crippen LogP) is 2.82. The third-order valence-electron chi connectivity index (χ3n) is 2.58. The van der Waals surface area contributed by atoms with Gasteiger partial charge in [0.2, 0.25) is 0 Å². The number of rotatable bonds is 3. The summed E-state index contributed by atoms with van der Waals surface area (Å²) in [5.41, 5.74) is 1.16. The van der Waals surface area contributed by atoms with Gasteiger partial charge in [-0.3, -0.25) is 0 Å². The molecule has 0 aliphatic carbocycles. The fourth-order valence-corrected chi connectivity index (χ4v) is 1.61. The molecule has 2 atom stereocenters. The van der Waals surface area contributed by atoms with E-state index in [4.69, 9.17) is 4.74 Å². The first-order chi connectivity index (χ1) is 7.75. The zero-order valence-corrected chi connectivity index (χ0v) is 9.17. The van der Waals surface area contributed by atoms with Crippen LogP contribution in [0.3, 0.4) is 0 Å². The van der Waals surface area contributed by atoms with Gasteiger partial charge in [0.25, 0.3) is 0 Å². The molecule has 1 heterocycles. The Labute approximate surface area is 95.2 Å². The van der Waals surface area contributed by atoms with Crippen molar-refractivity contribution in [2.45, 2.75) is 13.0 Å². The van der Waals surface area contributed by atoms with E-state index in [1.165, 1.54) is 6.08 Å². The Morgan fingerprint density at radius 1 is 1.31 bits per heavy atom. The van der Waals surface area contributed by atoms with Gasteiger partial charge < -0.3 is 4.74 Å². The fourth-order valence-electron chi connectivity index (χ4n) is 1.61. The molecule has 0 aromatic heterocycles. The molecule has 0 N–H and O–H groups in total. The van der Waals surface area contributed by atoms with E-state index in [2.05, 4.69) is 6.08 Å². The van der Waals surface area contributed by atoms with Crippen molar-refractivity contribution in [2.75, 3.05) is 0 Å². The summed E-state index contributed by atoms with van der Waals surface area (Å²) in [5.74, 6) is -0.0483. The highest BCUT2D eigenvalue weighted by atomic mass is 16.5. The largest absolute Gasteiger partial charge is 0.454 e. The standard InChI is InChI=1S/C14H14O2/c1-11(13-9-10-14(15)16-13)7-8-12-5-3-2-4-6-12/h2-11,13H,1H3/b8-7+. The van der Waals surface area contributed by atoms with E-state index < -0.39 is 0 Å². The highest BCUT2D eigenvalue weighted by Gasteiger charge is 2.20. The Balaban J connectivity index is 1.97. The number of cyclic esters (lactones) is 1. The molecule has 16 heavy (non-hydrogen) atoms. The van der Waals surface area contributed by atoms with E-state index in [0.717, 1.165) is 5.56 Å². The quantitative estimate of drug-likeness (QED) is 0.723. The van der Waals surface area contributed by atoms with Crippen LogP contribution in [-0.4, -0.2) is 12.1 Å². The molecule has 82 valence electrons.